The summed E-state index contributed by atoms with van der Waals surface area (Å²) in [4.78, 5) is 12.9. The lowest BCUT2D eigenvalue weighted by Crippen LogP contribution is -2.17. The van der Waals surface area contributed by atoms with Crippen molar-refractivity contribution in [1.82, 2.24) is 0 Å². The molecular formula is C46H50O6. The molecule has 52 heavy (non-hydrogen) atoms. The molecule has 1 N–H and O–H groups in total. The van der Waals surface area contributed by atoms with Gasteiger partial charge in [0.05, 0.1) is 0 Å². The highest BCUT2D eigenvalue weighted by atomic mass is 16.5. The molecule has 4 aromatic carbocycles. The molecule has 2 aromatic heterocycles. The minimum Gasteiger partial charge on any atom is -0.489 e. The van der Waals surface area contributed by atoms with Crippen molar-refractivity contribution in [2.24, 2.45) is 11.8 Å². The molecule has 8 rings (SSSR count). The highest BCUT2D eigenvalue weighted by Gasteiger charge is 2.29. The summed E-state index contributed by atoms with van der Waals surface area (Å²) in [5, 5.41) is 12.8. The molecular weight excluding hydrogens is 649 g/mol. The number of rotatable bonds is 10. The third kappa shape index (κ3) is 8.29. The summed E-state index contributed by atoms with van der Waals surface area (Å²) in [5.41, 5.74) is 5.81. The van der Waals surface area contributed by atoms with Gasteiger partial charge in [-0.1, -0.05) is 99.2 Å². The molecule has 2 heterocycles. The van der Waals surface area contributed by atoms with E-state index in [1.165, 1.54) is 25.7 Å². The SMILES string of the molecule is Cc1c(C(=O)C2CCCCC2)oc2ccc(OCc3ccccc3)cc12.Cc1c(C(O)C2CCCCC2)oc2ccc(OCc3ccccc3)cc12. The van der Waals surface area contributed by atoms with Gasteiger partial charge in [0, 0.05) is 27.8 Å². The van der Waals surface area contributed by atoms with Crippen LogP contribution in [-0.2, 0) is 13.2 Å². The number of hydrogen-bond acceptors (Lipinski definition) is 6. The van der Waals surface area contributed by atoms with Crippen LogP contribution in [0.2, 0.25) is 0 Å². The number of aliphatic hydroxyl groups is 1. The topological polar surface area (TPSA) is 82.0 Å². The summed E-state index contributed by atoms with van der Waals surface area (Å²) in [6.07, 6.45) is 10.9. The average Bonchev–Trinajstić information content (AvgIpc) is 3.72. The zero-order valence-electron chi connectivity index (χ0n) is 30.4. The lowest BCUT2D eigenvalue weighted by molar-refractivity contribution is 0.0661. The van der Waals surface area contributed by atoms with Crippen LogP contribution in [0.1, 0.15) is 109 Å². The highest BCUT2D eigenvalue weighted by molar-refractivity contribution is 6.01. The Balaban J connectivity index is 0.000000162. The van der Waals surface area contributed by atoms with E-state index in [1.807, 2.05) is 98.8 Å². The van der Waals surface area contributed by atoms with E-state index < -0.39 is 6.10 Å². The molecule has 2 aliphatic carbocycles. The van der Waals surface area contributed by atoms with Crippen LogP contribution in [0.5, 0.6) is 11.5 Å². The number of ether oxygens (including phenoxy) is 2. The van der Waals surface area contributed by atoms with Crippen molar-refractivity contribution >= 4 is 27.7 Å². The smallest absolute Gasteiger partial charge is 0.201 e. The Morgan fingerprint density at radius 2 is 1.15 bits per heavy atom. The third-order valence-electron chi connectivity index (χ3n) is 10.9. The van der Waals surface area contributed by atoms with Crippen molar-refractivity contribution in [3.8, 4) is 11.5 Å². The quantitative estimate of drug-likeness (QED) is 0.143. The van der Waals surface area contributed by atoms with Gasteiger partial charge >= 0.3 is 0 Å². The van der Waals surface area contributed by atoms with E-state index in [2.05, 4.69) is 12.1 Å². The Morgan fingerprint density at radius 3 is 1.71 bits per heavy atom. The van der Waals surface area contributed by atoms with Crippen molar-refractivity contribution in [1.29, 1.82) is 0 Å². The highest BCUT2D eigenvalue weighted by Crippen LogP contribution is 2.40. The van der Waals surface area contributed by atoms with Crippen molar-refractivity contribution in [2.45, 2.75) is 97.4 Å². The standard InChI is InChI=1S/C23H26O3.C23H24O3/c2*1-16-20-14-19(25-15-17-8-4-2-5-9-17)12-13-21(20)26-23(16)22(24)18-10-6-3-7-11-18/h2,4-5,8-9,12-14,18,22,24H,3,6-7,10-11,15H2,1H3;2,4-5,8-9,12-14,18H,3,6-7,10-11,15H2,1H3. The number of fused-ring (bicyclic) bond motifs is 2. The van der Waals surface area contributed by atoms with Crippen LogP contribution in [0.4, 0.5) is 0 Å². The number of Topliss-reactive ketones (excluding diaryl/α,β-unsaturated/α-hetero) is 1. The van der Waals surface area contributed by atoms with Crippen LogP contribution in [0.25, 0.3) is 21.9 Å². The van der Waals surface area contributed by atoms with Crippen LogP contribution in [-0.4, -0.2) is 10.9 Å². The summed E-state index contributed by atoms with van der Waals surface area (Å²) < 4.78 is 23.8. The Bertz CT molecular complexity index is 2060. The summed E-state index contributed by atoms with van der Waals surface area (Å²) in [7, 11) is 0. The first-order valence-electron chi connectivity index (χ1n) is 19.1. The summed E-state index contributed by atoms with van der Waals surface area (Å²) >= 11 is 0. The van der Waals surface area contributed by atoms with Crippen molar-refractivity contribution in [3.63, 3.8) is 0 Å². The van der Waals surface area contributed by atoms with E-state index in [4.69, 9.17) is 18.3 Å². The molecule has 6 aromatic rings. The molecule has 0 amide bonds. The molecule has 2 saturated carbocycles. The Labute approximate surface area is 306 Å². The molecule has 0 saturated heterocycles. The molecule has 6 nitrogen and oxygen atoms in total. The van der Waals surface area contributed by atoms with E-state index in [-0.39, 0.29) is 11.7 Å². The molecule has 0 spiro atoms. The average molecular weight is 699 g/mol. The molecule has 1 atom stereocenters. The summed E-state index contributed by atoms with van der Waals surface area (Å²) in [6, 6.07) is 31.9. The van der Waals surface area contributed by atoms with Crippen LogP contribution in [0, 0.1) is 25.7 Å². The van der Waals surface area contributed by atoms with Gasteiger partial charge < -0.3 is 23.4 Å². The predicted octanol–water partition coefficient (Wildman–Crippen LogP) is 12.0. The maximum atomic E-state index is 12.9. The predicted molar refractivity (Wildman–Crippen MR) is 206 cm³/mol. The zero-order chi connectivity index (χ0) is 35.9. The van der Waals surface area contributed by atoms with Gasteiger partial charge in [-0.3, -0.25) is 4.79 Å². The van der Waals surface area contributed by atoms with Crippen molar-refractivity contribution in [3.05, 3.63) is 131 Å². The molecule has 1 unspecified atom stereocenters. The Kier molecular flexibility index (Phi) is 11.4. The number of carbonyl (C=O) groups excluding carboxylic acids is 1. The summed E-state index contributed by atoms with van der Waals surface area (Å²) in [6.45, 7) is 5.08. The van der Waals surface area contributed by atoms with Gasteiger partial charge in [-0.25, -0.2) is 0 Å². The third-order valence-corrected chi connectivity index (χ3v) is 10.9. The number of aliphatic hydroxyl groups excluding tert-OH is 1. The van der Waals surface area contributed by atoms with Crippen molar-refractivity contribution in [2.75, 3.05) is 0 Å². The van der Waals surface area contributed by atoms with Gasteiger partial charge in [0.15, 0.2) is 5.76 Å². The van der Waals surface area contributed by atoms with Crippen LogP contribution < -0.4 is 9.47 Å². The fourth-order valence-corrected chi connectivity index (χ4v) is 7.81. The first kappa shape index (κ1) is 35.6. The zero-order valence-corrected chi connectivity index (χ0v) is 30.4. The largest absolute Gasteiger partial charge is 0.489 e. The molecule has 6 heteroatoms. The lowest BCUT2D eigenvalue weighted by Gasteiger charge is -2.25. The van der Waals surface area contributed by atoms with Gasteiger partial charge in [0.1, 0.15) is 47.7 Å². The first-order valence-corrected chi connectivity index (χ1v) is 19.1. The number of hydrogen-bond donors (Lipinski definition) is 1. The van der Waals surface area contributed by atoms with Gasteiger partial charge in [-0.2, -0.15) is 0 Å². The monoisotopic (exact) mass is 698 g/mol. The summed E-state index contributed by atoms with van der Waals surface area (Å²) in [5.74, 6) is 3.49. The fraction of sp³-hybridized carbons (Fsp3) is 0.370. The second kappa shape index (κ2) is 16.7. The maximum absolute atomic E-state index is 12.9. The normalized spacial score (nSPS) is 16.0. The van der Waals surface area contributed by atoms with Gasteiger partial charge in [-0.05, 0) is 93.0 Å². The second-order valence-corrected chi connectivity index (χ2v) is 14.6. The van der Waals surface area contributed by atoms with E-state index >= 15 is 0 Å². The minimum absolute atomic E-state index is 0.122. The number of benzene rings is 4. The van der Waals surface area contributed by atoms with Gasteiger partial charge in [0.2, 0.25) is 5.78 Å². The van der Waals surface area contributed by atoms with E-state index in [9.17, 15) is 9.90 Å². The fourth-order valence-electron chi connectivity index (χ4n) is 7.81. The first-order chi connectivity index (χ1) is 25.4. The van der Waals surface area contributed by atoms with Crippen molar-refractivity contribution < 1.29 is 28.2 Å². The molecule has 0 radical (unpaired) electrons. The second-order valence-electron chi connectivity index (χ2n) is 14.6. The molecule has 270 valence electrons. The number of carbonyl (C=O) groups is 1. The number of furan rings is 2. The van der Waals surface area contributed by atoms with Crippen LogP contribution in [0.3, 0.4) is 0 Å². The number of aryl methyl sites for hydroxylation is 2. The van der Waals surface area contributed by atoms with Crippen LogP contribution >= 0.6 is 0 Å². The van der Waals surface area contributed by atoms with E-state index in [0.29, 0.717) is 24.9 Å². The maximum Gasteiger partial charge on any atom is 0.201 e. The van der Waals surface area contributed by atoms with Gasteiger partial charge in [-0.15, -0.1) is 0 Å². The van der Waals surface area contributed by atoms with Crippen LogP contribution in [0.15, 0.2) is 106 Å². The minimum atomic E-state index is -0.503. The molecule has 2 aliphatic rings. The molecule has 2 fully saturated rings. The number of ketones is 1. The lowest BCUT2D eigenvalue weighted by atomic mass is 9.84. The van der Waals surface area contributed by atoms with E-state index in [1.54, 1.807) is 0 Å². The Hall–Kier alpha value is -4.81. The van der Waals surface area contributed by atoms with E-state index in [0.717, 1.165) is 100.0 Å². The van der Waals surface area contributed by atoms with Gasteiger partial charge in [0.25, 0.3) is 0 Å². The Morgan fingerprint density at radius 1 is 0.654 bits per heavy atom. The molecule has 0 aliphatic heterocycles. The molecule has 0 bridgehead atoms.